The highest BCUT2D eigenvalue weighted by Crippen LogP contribution is 2.13. The van der Waals surface area contributed by atoms with Crippen LogP contribution in [0.3, 0.4) is 0 Å². The van der Waals surface area contributed by atoms with Crippen molar-refractivity contribution >= 4 is 17.9 Å². The second-order valence-corrected chi connectivity index (χ2v) is 13.8. The van der Waals surface area contributed by atoms with Gasteiger partial charge in [-0.2, -0.15) is 0 Å². The van der Waals surface area contributed by atoms with Crippen molar-refractivity contribution in [1.82, 2.24) is 0 Å². The highest BCUT2D eigenvalue weighted by atomic mass is 16.6. The molecule has 278 valence electrons. The van der Waals surface area contributed by atoms with Crippen LogP contribution in [0.1, 0.15) is 149 Å². The lowest BCUT2D eigenvalue weighted by Crippen LogP contribution is -2.55. The van der Waals surface area contributed by atoms with E-state index in [0.717, 1.165) is 51.4 Å². The minimum absolute atomic E-state index is 0.0290. The first-order valence-electron chi connectivity index (χ1n) is 19.0. The van der Waals surface area contributed by atoms with Crippen LogP contribution in [0.2, 0.25) is 0 Å². The Bertz CT molecular complexity index is 891. The normalized spacial score (nSPS) is 13.4. The van der Waals surface area contributed by atoms with Gasteiger partial charge in [0.25, 0.3) is 0 Å². The molecule has 0 saturated carbocycles. The molecule has 8 nitrogen and oxygen atoms in total. The van der Waals surface area contributed by atoms with Gasteiger partial charge in [0.15, 0.2) is 6.10 Å². The zero-order valence-corrected chi connectivity index (χ0v) is 31.4. The molecular formula is C40H71NO7. The van der Waals surface area contributed by atoms with Gasteiger partial charge in [-0.3, -0.25) is 9.59 Å². The zero-order valence-electron chi connectivity index (χ0n) is 31.4. The van der Waals surface area contributed by atoms with Crippen molar-refractivity contribution in [3.63, 3.8) is 0 Å². The first kappa shape index (κ1) is 45.6. The Morgan fingerprint density at radius 3 is 1.77 bits per heavy atom. The molecule has 0 rings (SSSR count). The number of hydrogen-bond acceptors (Lipinski definition) is 7. The third-order valence-electron chi connectivity index (χ3n) is 8.26. The monoisotopic (exact) mass is 678 g/mol. The Morgan fingerprint density at radius 1 is 0.646 bits per heavy atom. The number of rotatable bonds is 33. The summed E-state index contributed by atoms with van der Waals surface area (Å²) in [5.41, 5.74) is 0. The first-order chi connectivity index (χ1) is 23.1. The van der Waals surface area contributed by atoms with Crippen molar-refractivity contribution in [1.29, 1.82) is 0 Å². The molecule has 0 spiro atoms. The molecule has 0 aliphatic carbocycles. The van der Waals surface area contributed by atoms with E-state index in [9.17, 15) is 19.5 Å². The maximum Gasteiger partial charge on any atom is 0.306 e. The number of aliphatic carboxylic acids is 1. The van der Waals surface area contributed by atoms with Gasteiger partial charge in [0, 0.05) is 19.3 Å². The van der Waals surface area contributed by atoms with Crippen LogP contribution in [0.4, 0.5) is 0 Å². The Kier molecular flexibility index (Phi) is 30.2. The van der Waals surface area contributed by atoms with Gasteiger partial charge in [0.05, 0.1) is 40.3 Å². The van der Waals surface area contributed by atoms with E-state index in [-0.39, 0.29) is 42.7 Å². The zero-order chi connectivity index (χ0) is 35.7. The van der Waals surface area contributed by atoms with Gasteiger partial charge < -0.3 is 28.6 Å². The van der Waals surface area contributed by atoms with Crippen LogP contribution in [-0.4, -0.2) is 75.5 Å². The van der Waals surface area contributed by atoms with Gasteiger partial charge in [-0.05, 0) is 64.2 Å². The van der Waals surface area contributed by atoms with E-state index in [4.69, 9.17) is 14.2 Å². The molecule has 0 bridgehead atoms. The SMILES string of the molecule is CC/C=C/C/C=C/CCCCC(=O)OCC(COCCC(C(=O)[O-])[N+](C)(C)C)OC(=O)CCCCCCCCC/C=C/CCCCCC. The average Bonchev–Trinajstić information content (AvgIpc) is 3.03. The standard InChI is InChI=1S/C40H71NO7/c1-6-8-10-12-14-16-17-18-19-20-21-23-25-27-29-31-39(43)48-36(34-46-33-32-37(40(44)45)41(3,4)5)35-47-38(42)30-28-26-24-22-15-13-11-9-7-2/h9,11,15-17,22,36-37H,6-8,10,12-14,18-21,23-35H2,1-5H3/b11-9+,17-16+,22-15+. The van der Waals surface area contributed by atoms with Crippen molar-refractivity contribution in [3.8, 4) is 0 Å². The molecule has 0 amide bonds. The third kappa shape index (κ3) is 29.7. The number of esters is 2. The predicted octanol–water partition coefficient (Wildman–Crippen LogP) is 8.18. The Labute approximate surface area is 293 Å². The molecule has 0 N–H and O–H groups in total. The highest BCUT2D eigenvalue weighted by molar-refractivity contribution is 5.70. The number of unbranched alkanes of at least 4 members (excludes halogenated alkanes) is 13. The van der Waals surface area contributed by atoms with Crippen molar-refractivity contribution in [2.24, 2.45) is 0 Å². The third-order valence-corrected chi connectivity index (χ3v) is 8.26. The molecule has 0 aromatic heterocycles. The summed E-state index contributed by atoms with van der Waals surface area (Å²) >= 11 is 0. The fraction of sp³-hybridized carbons (Fsp3) is 0.775. The number of hydrogen-bond donors (Lipinski definition) is 0. The van der Waals surface area contributed by atoms with Crippen LogP contribution >= 0.6 is 0 Å². The maximum absolute atomic E-state index is 12.6. The minimum Gasteiger partial charge on any atom is -0.544 e. The quantitative estimate of drug-likeness (QED) is 0.0299. The number of likely N-dealkylation sites (N-methyl/N-ethyl adjacent to an activating group) is 1. The Hall–Kier alpha value is -2.45. The van der Waals surface area contributed by atoms with Crippen LogP contribution in [0.25, 0.3) is 0 Å². The van der Waals surface area contributed by atoms with E-state index >= 15 is 0 Å². The molecule has 0 saturated heterocycles. The number of carbonyl (C=O) groups is 3. The van der Waals surface area contributed by atoms with Crippen LogP contribution in [0.5, 0.6) is 0 Å². The lowest BCUT2D eigenvalue weighted by atomic mass is 10.1. The molecule has 0 aliphatic rings. The summed E-state index contributed by atoms with van der Waals surface area (Å²) in [6.45, 7) is 4.46. The smallest absolute Gasteiger partial charge is 0.306 e. The molecule has 0 fully saturated rings. The molecule has 48 heavy (non-hydrogen) atoms. The summed E-state index contributed by atoms with van der Waals surface area (Å²) in [4.78, 5) is 36.5. The van der Waals surface area contributed by atoms with Crippen molar-refractivity contribution in [2.45, 2.75) is 161 Å². The molecule has 0 heterocycles. The first-order valence-corrected chi connectivity index (χ1v) is 19.0. The molecule has 8 heteroatoms. The summed E-state index contributed by atoms with van der Waals surface area (Å²) in [5, 5.41) is 11.6. The molecule has 0 aliphatic heterocycles. The fourth-order valence-corrected chi connectivity index (χ4v) is 5.28. The summed E-state index contributed by atoms with van der Waals surface area (Å²) in [7, 11) is 5.38. The van der Waals surface area contributed by atoms with E-state index in [2.05, 4.69) is 50.3 Å². The van der Waals surface area contributed by atoms with Gasteiger partial charge in [-0.1, -0.05) is 102 Å². The number of nitrogens with zero attached hydrogens (tertiary/aromatic N) is 1. The summed E-state index contributed by atoms with van der Waals surface area (Å²) in [6, 6.07) is -0.728. The van der Waals surface area contributed by atoms with Crippen LogP contribution in [0.15, 0.2) is 36.5 Å². The van der Waals surface area contributed by atoms with E-state index in [1.165, 1.54) is 64.2 Å². The lowest BCUT2D eigenvalue weighted by molar-refractivity contribution is -0.889. The Morgan fingerprint density at radius 2 is 1.17 bits per heavy atom. The highest BCUT2D eigenvalue weighted by Gasteiger charge is 2.25. The van der Waals surface area contributed by atoms with Gasteiger partial charge in [0.1, 0.15) is 12.6 Å². The summed E-state index contributed by atoms with van der Waals surface area (Å²) < 4.78 is 17.0. The summed E-state index contributed by atoms with van der Waals surface area (Å²) in [6.07, 6.45) is 33.2. The lowest BCUT2D eigenvalue weighted by Gasteiger charge is -2.34. The average molecular weight is 678 g/mol. The van der Waals surface area contributed by atoms with E-state index in [1.54, 1.807) is 21.1 Å². The molecule has 0 radical (unpaired) electrons. The van der Waals surface area contributed by atoms with E-state index < -0.39 is 18.1 Å². The van der Waals surface area contributed by atoms with Crippen molar-refractivity contribution in [3.05, 3.63) is 36.5 Å². The van der Waals surface area contributed by atoms with E-state index in [0.29, 0.717) is 12.8 Å². The molecule has 2 atom stereocenters. The number of carboxylic acid groups (broad SMARTS) is 1. The second kappa shape index (κ2) is 31.8. The summed E-state index contributed by atoms with van der Waals surface area (Å²) in [5.74, 6) is -1.79. The number of ether oxygens (including phenoxy) is 3. The molecular weight excluding hydrogens is 606 g/mol. The second-order valence-electron chi connectivity index (χ2n) is 13.8. The van der Waals surface area contributed by atoms with Crippen LogP contribution in [-0.2, 0) is 28.6 Å². The van der Waals surface area contributed by atoms with E-state index in [1.807, 2.05) is 0 Å². The number of carbonyl (C=O) groups excluding carboxylic acids is 3. The van der Waals surface area contributed by atoms with Crippen molar-refractivity contribution < 1.29 is 38.2 Å². The molecule has 0 aromatic rings. The predicted molar refractivity (Wildman–Crippen MR) is 194 cm³/mol. The fourth-order valence-electron chi connectivity index (χ4n) is 5.28. The topological polar surface area (TPSA) is 102 Å². The largest absolute Gasteiger partial charge is 0.544 e. The van der Waals surface area contributed by atoms with Gasteiger partial charge in [-0.25, -0.2) is 0 Å². The van der Waals surface area contributed by atoms with Crippen LogP contribution < -0.4 is 5.11 Å². The maximum atomic E-state index is 12.6. The molecule has 2 unspecified atom stereocenters. The van der Waals surface area contributed by atoms with Gasteiger partial charge in [0.2, 0.25) is 0 Å². The molecule has 0 aromatic carbocycles. The minimum atomic E-state index is -1.13. The number of quaternary nitrogens is 1. The van der Waals surface area contributed by atoms with Crippen molar-refractivity contribution in [2.75, 3.05) is 41.0 Å². The van der Waals surface area contributed by atoms with Gasteiger partial charge >= 0.3 is 11.9 Å². The number of carboxylic acids is 1. The van der Waals surface area contributed by atoms with Gasteiger partial charge in [-0.15, -0.1) is 0 Å². The van der Waals surface area contributed by atoms with Crippen LogP contribution in [0, 0.1) is 0 Å². The Balaban J connectivity index is 4.43. The number of allylic oxidation sites excluding steroid dienone is 6.